The predicted octanol–water partition coefficient (Wildman–Crippen LogP) is 4.99. The molecule has 0 N–H and O–H groups in total. The molecular weight excluding hydrogens is 258 g/mol. The van der Waals surface area contributed by atoms with E-state index >= 15 is 0 Å². The van der Waals surface area contributed by atoms with Crippen LogP contribution in [0.5, 0.6) is 0 Å². The molecule has 0 aliphatic heterocycles. The largest absolute Gasteiger partial charge is 0.240 e. The van der Waals surface area contributed by atoms with E-state index in [1.54, 1.807) is 6.08 Å². The molecule has 21 heavy (non-hydrogen) atoms. The molecule has 0 aliphatic carbocycles. The summed E-state index contributed by atoms with van der Waals surface area (Å²) in [5.41, 5.74) is 5.26. The topological polar surface area (TPSA) is 29.4 Å². The quantitative estimate of drug-likeness (QED) is 0.487. The molecule has 3 aromatic rings. The highest BCUT2D eigenvalue weighted by Gasteiger charge is 2.00. The summed E-state index contributed by atoms with van der Waals surface area (Å²) in [6.07, 6.45) is 1.54. The minimum atomic E-state index is 0.620. The molecule has 0 fully saturated rings. The van der Waals surface area contributed by atoms with E-state index in [0.29, 0.717) is 5.69 Å². The second kappa shape index (κ2) is 6.00. The Kier molecular flexibility index (Phi) is 3.72. The fraction of sp³-hybridized carbons (Fsp3) is 0. The first-order chi connectivity index (χ1) is 10.4. The molecule has 0 saturated heterocycles. The van der Waals surface area contributed by atoms with Gasteiger partial charge in [-0.15, -0.1) is 0 Å². The number of rotatable bonds is 3. The number of carbonyl (C=O) groups excluding carboxylic acids is 1. The Labute approximate surface area is 123 Å². The van der Waals surface area contributed by atoms with Crippen molar-refractivity contribution in [3.05, 3.63) is 78.9 Å². The van der Waals surface area contributed by atoms with Gasteiger partial charge >= 0.3 is 0 Å². The first-order valence-corrected chi connectivity index (χ1v) is 6.70. The molecule has 2 nitrogen and oxygen atoms in total. The van der Waals surface area contributed by atoms with E-state index in [4.69, 9.17) is 0 Å². The van der Waals surface area contributed by atoms with Crippen LogP contribution in [0, 0.1) is 0 Å². The molecule has 3 aromatic carbocycles. The summed E-state index contributed by atoms with van der Waals surface area (Å²) < 4.78 is 0. The second-order valence-electron chi connectivity index (χ2n) is 4.69. The van der Waals surface area contributed by atoms with Gasteiger partial charge in [-0.2, -0.15) is 4.99 Å². The van der Waals surface area contributed by atoms with Gasteiger partial charge in [0, 0.05) is 0 Å². The van der Waals surface area contributed by atoms with Gasteiger partial charge < -0.3 is 0 Å². The van der Waals surface area contributed by atoms with Crippen LogP contribution in [0.1, 0.15) is 0 Å². The molecule has 0 unspecified atom stereocenters. The van der Waals surface area contributed by atoms with Crippen molar-refractivity contribution >= 4 is 11.8 Å². The first-order valence-electron chi connectivity index (χ1n) is 6.70. The average molecular weight is 271 g/mol. The molecule has 3 rings (SSSR count). The maximum absolute atomic E-state index is 10.2. The van der Waals surface area contributed by atoms with Gasteiger partial charge in [-0.3, -0.25) is 0 Å². The Hall–Kier alpha value is -2.96. The Morgan fingerprint density at radius 3 is 1.48 bits per heavy atom. The van der Waals surface area contributed by atoms with Crippen LogP contribution in [-0.4, -0.2) is 6.08 Å². The predicted molar refractivity (Wildman–Crippen MR) is 85.1 cm³/mol. The van der Waals surface area contributed by atoms with Crippen LogP contribution in [-0.2, 0) is 4.79 Å². The third-order valence-electron chi connectivity index (χ3n) is 3.37. The minimum absolute atomic E-state index is 0.620. The van der Waals surface area contributed by atoms with Gasteiger partial charge in [0.2, 0.25) is 6.08 Å². The maximum Gasteiger partial charge on any atom is 0.240 e. The minimum Gasteiger partial charge on any atom is -0.211 e. The lowest BCUT2D eigenvalue weighted by Gasteiger charge is -2.05. The molecule has 0 bridgehead atoms. The summed E-state index contributed by atoms with van der Waals surface area (Å²) in [7, 11) is 0. The summed E-state index contributed by atoms with van der Waals surface area (Å²) in [6, 6.07) is 26.2. The number of isocyanates is 1. The van der Waals surface area contributed by atoms with Crippen molar-refractivity contribution in [1.82, 2.24) is 0 Å². The van der Waals surface area contributed by atoms with Crippen LogP contribution in [0.25, 0.3) is 22.3 Å². The summed E-state index contributed by atoms with van der Waals surface area (Å²) in [5.74, 6) is 0. The van der Waals surface area contributed by atoms with Gasteiger partial charge in [0.25, 0.3) is 0 Å². The van der Waals surface area contributed by atoms with Crippen LogP contribution < -0.4 is 0 Å². The lowest BCUT2D eigenvalue weighted by molar-refractivity contribution is 0.565. The van der Waals surface area contributed by atoms with Gasteiger partial charge in [0.05, 0.1) is 5.69 Å². The number of benzene rings is 3. The Balaban J connectivity index is 1.88. The van der Waals surface area contributed by atoms with Crippen molar-refractivity contribution in [3.63, 3.8) is 0 Å². The summed E-state index contributed by atoms with van der Waals surface area (Å²) >= 11 is 0. The van der Waals surface area contributed by atoms with Crippen LogP contribution in [0.2, 0.25) is 0 Å². The second-order valence-corrected chi connectivity index (χ2v) is 4.69. The highest BCUT2D eigenvalue weighted by Crippen LogP contribution is 2.26. The standard InChI is InChI=1S/C19H13NO/c21-14-20-19-12-10-18(11-13-19)17-8-6-16(7-9-17)15-4-2-1-3-5-15/h1-13H. The molecule has 2 heteroatoms. The maximum atomic E-state index is 10.2. The molecule has 100 valence electrons. The van der Waals surface area contributed by atoms with Gasteiger partial charge in [0.15, 0.2) is 0 Å². The molecule has 0 atom stereocenters. The normalized spacial score (nSPS) is 9.90. The zero-order chi connectivity index (χ0) is 14.5. The number of nitrogens with zero attached hydrogens (tertiary/aromatic N) is 1. The van der Waals surface area contributed by atoms with Crippen LogP contribution >= 0.6 is 0 Å². The van der Waals surface area contributed by atoms with E-state index in [1.165, 1.54) is 11.1 Å². The van der Waals surface area contributed by atoms with Crippen molar-refractivity contribution in [2.24, 2.45) is 4.99 Å². The number of hydrogen-bond acceptors (Lipinski definition) is 2. The molecular formula is C19H13NO. The van der Waals surface area contributed by atoms with Crippen molar-refractivity contribution < 1.29 is 4.79 Å². The number of aliphatic imine (C=N–C) groups is 1. The summed E-state index contributed by atoms with van der Waals surface area (Å²) in [4.78, 5) is 13.8. The van der Waals surface area contributed by atoms with E-state index in [9.17, 15) is 4.79 Å². The van der Waals surface area contributed by atoms with Gasteiger partial charge in [0.1, 0.15) is 0 Å². The summed E-state index contributed by atoms with van der Waals surface area (Å²) in [5, 5.41) is 0. The highest BCUT2D eigenvalue weighted by molar-refractivity contribution is 5.71. The van der Waals surface area contributed by atoms with Crippen LogP contribution in [0.15, 0.2) is 83.9 Å². The van der Waals surface area contributed by atoms with E-state index in [-0.39, 0.29) is 0 Å². The first kappa shape index (κ1) is 13.0. The smallest absolute Gasteiger partial charge is 0.211 e. The Morgan fingerprint density at radius 2 is 1.00 bits per heavy atom. The fourth-order valence-electron chi connectivity index (χ4n) is 2.27. The molecule has 0 heterocycles. The van der Waals surface area contributed by atoms with Crippen LogP contribution in [0.3, 0.4) is 0 Å². The van der Waals surface area contributed by atoms with Crippen molar-refractivity contribution in [2.45, 2.75) is 0 Å². The third-order valence-corrected chi connectivity index (χ3v) is 3.37. The monoisotopic (exact) mass is 271 g/mol. The Bertz CT molecular complexity index is 768. The van der Waals surface area contributed by atoms with Crippen molar-refractivity contribution in [2.75, 3.05) is 0 Å². The highest BCUT2D eigenvalue weighted by atomic mass is 16.1. The van der Waals surface area contributed by atoms with Gasteiger partial charge in [-0.1, -0.05) is 66.7 Å². The molecule has 0 radical (unpaired) electrons. The lowest BCUT2D eigenvalue weighted by atomic mass is 10.0. The van der Waals surface area contributed by atoms with E-state index < -0.39 is 0 Å². The average Bonchev–Trinajstić information content (AvgIpc) is 2.57. The molecule has 0 aromatic heterocycles. The lowest BCUT2D eigenvalue weighted by Crippen LogP contribution is -1.80. The zero-order valence-corrected chi connectivity index (χ0v) is 11.4. The van der Waals surface area contributed by atoms with Gasteiger partial charge in [-0.25, -0.2) is 4.79 Å². The molecule has 0 aliphatic rings. The molecule has 0 amide bonds. The van der Waals surface area contributed by atoms with Crippen molar-refractivity contribution in [3.8, 4) is 22.3 Å². The zero-order valence-electron chi connectivity index (χ0n) is 11.4. The van der Waals surface area contributed by atoms with E-state index in [1.807, 2.05) is 42.5 Å². The SMILES string of the molecule is O=C=Nc1ccc(-c2ccc(-c3ccccc3)cc2)cc1. The van der Waals surface area contributed by atoms with Crippen LogP contribution in [0.4, 0.5) is 5.69 Å². The summed E-state index contributed by atoms with van der Waals surface area (Å²) in [6.45, 7) is 0. The van der Waals surface area contributed by atoms with Gasteiger partial charge in [-0.05, 0) is 34.4 Å². The van der Waals surface area contributed by atoms with E-state index in [2.05, 4.69) is 41.4 Å². The Morgan fingerprint density at radius 1 is 0.571 bits per heavy atom. The molecule has 0 saturated carbocycles. The number of hydrogen-bond donors (Lipinski definition) is 0. The third kappa shape index (κ3) is 2.97. The van der Waals surface area contributed by atoms with E-state index in [0.717, 1.165) is 11.1 Å². The van der Waals surface area contributed by atoms with Crippen molar-refractivity contribution in [1.29, 1.82) is 0 Å². The fourth-order valence-corrected chi connectivity index (χ4v) is 2.27. The molecule has 0 spiro atoms.